The summed E-state index contributed by atoms with van der Waals surface area (Å²) in [5, 5.41) is 6.47. The second-order valence-corrected chi connectivity index (χ2v) is 5.70. The fourth-order valence-corrected chi connectivity index (χ4v) is 2.10. The molecule has 3 nitrogen and oxygen atoms in total. The van der Waals surface area contributed by atoms with Crippen molar-refractivity contribution in [3.8, 4) is 0 Å². The molecule has 1 aromatic carbocycles. The quantitative estimate of drug-likeness (QED) is 0.811. The largest absolute Gasteiger partial charge is 0.356 e. The van der Waals surface area contributed by atoms with Crippen molar-refractivity contribution < 1.29 is 9.18 Å². The lowest BCUT2D eigenvalue weighted by Gasteiger charge is -2.16. The van der Waals surface area contributed by atoms with Crippen LogP contribution in [0.15, 0.2) is 18.2 Å². The Morgan fingerprint density at radius 3 is 2.65 bits per heavy atom. The molecule has 1 amide bonds. The summed E-state index contributed by atoms with van der Waals surface area (Å²) in [5.74, 6) is 0.131. The minimum absolute atomic E-state index is 0.0269. The maximum absolute atomic E-state index is 13.0. The van der Waals surface area contributed by atoms with Crippen molar-refractivity contribution in [2.45, 2.75) is 33.2 Å². The maximum atomic E-state index is 13.0. The van der Waals surface area contributed by atoms with Crippen LogP contribution in [-0.4, -0.2) is 19.0 Å². The van der Waals surface area contributed by atoms with Crippen LogP contribution in [0.1, 0.15) is 38.8 Å². The Kier molecular flexibility index (Phi) is 6.96. The summed E-state index contributed by atoms with van der Waals surface area (Å²) in [4.78, 5) is 11.6. The molecular weight excluding hydrogens is 279 g/mol. The van der Waals surface area contributed by atoms with Crippen LogP contribution in [0.3, 0.4) is 0 Å². The Morgan fingerprint density at radius 2 is 2.05 bits per heavy atom. The third-order valence-electron chi connectivity index (χ3n) is 2.94. The number of carbonyl (C=O) groups is 1. The average Bonchev–Trinajstić information content (AvgIpc) is 2.36. The number of hydrogen-bond donors (Lipinski definition) is 2. The first kappa shape index (κ1) is 16.9. The molecule has 1 rings (SSSR count). The monoisotopic (exact) mass is 300 g/mol. The minimum Gasteiger partial charge on any atom is -0.356 e. The molecular formula is C15H22ClFN2O. The average molecular weight is 301 g/mol. The Bertz CT molecular complexity index is 451. The van der Waals surface area contributed by atoms with Gasteiger partial charge in [-0.3, -0.25) is 4.79 Å². The van der Waals surface area contributed by atoms with E-state index in [1.54, 1.807) is 6.07 Å². The molecule has 0 aliphatic rings. The summed E-state index contributed by atoms with van der Waals surface area (Å²) in [5.41, 5.74) is 0.829. The molecule has 112 valence electrons. The highest BCUT2D eigenvalue weighted by Gasteiger charge is 2.10. The van der Waals surface area contributed by atoms with Gasteiger partial charge in [-0.1, -0.05) is 31.5 Å². The van der Waals surface area contributed by atoms with Crippen LogP contribution < -0.4 is 10.6 Å². The lowest BCUT2D eigenvalue weighted by molar-refractivity contribution is -0.121. The number of nitrogens with one attached hydrogen (secondary N) is 2. The summed E-state index contributed by atoms with van der Waals surface area (Å²) in [6.45, 7) is 7.29. The van der Waals surface area contributed by atoms with Gasteiger partial charge in [0, 0.05) is 30.6 Å². The molecule has 0 aliphatic carbocycles. The van der Waals surface area contributed by atoms with Crippen molar-refractivity contribution in [3.05, 3.63) is 34.6 Å². The van der Waals surface area contributed by atoms with Crippen LogP contribution in [0.5, 0.6) is 0 Å². The first-order chi connectivity index (χ1) is 9.40. The number of hydrogen-bond acceptors (Lipinski definition) is 2. The zero-order chi connectivity index (χ0) is 15.1. The molecule has 1 aromatic rings. The SMILES string of the molecule is CC(C)CNC(=O)CCNC(C)c1ccc(F)cc1Cl. The first-order valence-corrected chi connectivity index (χ1v) is 7.23. The summed E-state index contributed by atoms with van der Waals surface area (Å²) in [6, 6.07) is 4.31. The van der Waals surface area contributed by atoms with E-state index in [0.717, 1.165) is 5.56 Å². The van der Waals surface area contributed by atoms with Crippen LogP contribution >= 0.6 is 11.6 Å². The third-order valence-corrected chi connectivity index (χ3v) is 3.27. The molecule has 0 aromatic heterocycles. The summed E-state index contributed by atoms with van der Waals surface area (Å²) in [7, 11) is 0. The van der Waals surface area contributed by atoms with Crippen LogP contribution in [0, 0.1) is 11.7 Å². The van der Waals surface area contributed by atoms with Gasteiger partial charge in [0.2, 0.25) is 5.91 Å². The lowest BCUT2D eigenvalue weighted by atomic mass is 10.1. The van der Waals surface area contributed by atoms with E-state index in [-0.39, 0.29) is 17.8 Å². The molecule has 0 saturated carbocycles. The topological polar surface area (TPSA) is 41.1 Å². The second-order valence-electron chi connectivity index (χ2n) is 5.29. The third kappa shape index (κ3) is 5.88. The molecule has 0 heterocycles. The van der Waals surface area contributed by atoms with Gasteiger partial charge >= 0.3 is 0 Å². The molecule has 0 radical (unpaired) electrons. The highest BCUT2D eigenvalue weighted by atomic mass is 35.5. The zero-order valence-corrected chi connectivity index (χ0v) is 12.9. The van der Waals surface area contributed by atoms with E-state index in [1.165, 1.54) is 12.1 Å². The van der Waals surface area contributed by atoms with E-state index in [9.17, 15) is 9.18 Å². The normalized spacial score (nSPS) is 12.5. The van der Waals surface area contributed by atoms with E-state index in [2.05, 4.69) is 24.5 Å². The second kappa shape index (κ2) is 8.22. The van der Waals surface area contributed by atoms with Crippen molar-refractivity contribution in [2.24, 2.45) is 5.92 Å². The molecule has 1 unspecified atom stereocenters. The Morgan fingerprint density at radius 1 is 1.35 bits per heavy atom. The number of rotatable bonds is 7. The predicted octanol–water partition coefficient (Wildman–Crippen LogP) is 3.29. The molecule has 0 fully saturated rings. The van der Waals surface area contributed by atoms with Crippen LogP contribution in [0.25, 0.3) is 0 Å². The van der Waals surface area contributed by atoms with E-state index in [4.69, 9.17) is 11.6 Å². The Hall–Kier alpha value is -1.13. The minimum atomic E-state index is -0.348. The van der Waals surface area contributed by atoms with E-state index in [0.29, 0.717) is 30.5 Å². The van der Waals surface area contributed by atoms with E-state index in [1.807, 2.05) is 6.92 Å². The van der Waals surface area contributed by atoms with Crippen molar-refractivity contribution in [2.75, 3.05) is 13.1 Å². The van der Waals surface area contributed by atoms with Gasteiger partial charge in [-0.2, -0.15) is 0 Å². The van der Waals surface area contributed by atoms with Crippen molar-refractivity contribution in [1.29, 1.82) is 0 Å². The van der Waals surface area contributed by atoms with Crippen LogP contribution in [0.2, 0.25) is 5.02 Å². The van der Waals surface area contributed by atoms with Crippen molar-refractivity contribution >= 4 is 17.5 Å². The van der Waals surface area contributed by atoms with Crippen LogP contribution in [0.4, 0.5) is 4.39 Å². The molecule has 2 N–H and O–H groups in total. The first-order valence-electron chi connectivity index (χ1n) is 6.85. The molecule has 0 bridgehead atoms. The van der Waals surface area contributed by atoms with E-state index >= 15 is 0 Å². The summed E-state index contributed by atoms with van der Waals surface area (Å²) >= 11 is 5.99. The molecule has 5 heteroatoms. The van der Waals surface area contributed by atoms with Gasteiger partial charge in [0.25, 0.3) is 0 Å². The predicted molar refractivity (Wildman–Crippen MR) is 80.3 cm³/mol. The van der Waals surface area contributed by atoms with Gasteiger partial charge in [-0.25, -0.2) is 4.39 Å². The van der Waals surface area contributed by atoms with Crippen molar-refractivity contribution in [3.63, 3.8) is 0 Å². The number of halogens is 2. The Balaban J connectivity index is 2.36. The number of amides is 1. The van der Waals surface area contributed by atoms with Crippen LogP contribution in [-0.2, 0) is 4.79 Å². The molecule has 1 atom stereocenters. The van der Waals surface area contributed by atoms with Gasteiger partial charge in [-0.05, 0) is 30.5 Å². The standard InChI is InChI=1S/C15H22ClFN2O/c1-10(2)9-19-15(20)6-7-18-11(3)13-5-4-12(17)8-14(13)16/h4-5,8,10-11,18H,6-7,9H2,1-3H3,(H,19,20). The number of benzene rings is 1. The van der Waals surface area contributed by atoms with Gasteiger partial charge in [0.05, 0.1) is 0 Å². The lowest BCUT2D eigenvalue weighted by Crippen LogP contribution is -2.31. The smallest absolute Gasteiger partial charge is 0.221 e. The maximum Gasteiger partial charge on any atom is 0.221 e. The van der Waals surface area contributed by atoms with Gasteiger partial charge in [-0.15, -0.1) is 0 Å². The zero-order valence-electron chi connectivity index (χ0n) is 12.2. The molecule has 20 heavy (non-hydrogen) atoms. The summed E-state index contributed by atoms with van der Waals surface area (Å²) < 4.78 is 13.0. The molecule has 0 spiro atoms. The number of carbonyl (C=O) groups excluding carboxylic acids is 1. The van der Waals surface area contributed by atoms with E-state index < -0.39 is 0 Å². The Labute approximate surface area is 124 Å². The summed E-state index contributed by atoms with van der Waals surface area (Å²) in [6.07, 6.45) is 0.413. The highest BCUT2D eigenvalue weighted by molar-refractivity contribution is 6.31. The fraction of sp³-hybridized carbons (Fsp3) is 0.533. The highest BCUT2D eigenvalue weighted by Crippen LogP contribution is 2.23. The van der Waals surface area contributed by atoms with Gasteiger partial charge in [0.1, 0.15) is 5.82 Å². The van der Waals surface area contributed by atoms with Gasteiger partial charge < -0.3 is 10.6 Å². The fourth-order valence-electron chi connectivity index (χ4n) is 1.77. The van der Waals surface area contributed by atoms with Gasteiger partial charge in [0.15, 0.2) is 0 Å². The molecule has 0 aliphatic heterocycles. The molecule has 0 saturated heterocycles. The van der Waals surface area contributed by atoms with Crippen molar-refractivity contribution in [1.82, 2.24) is 10.6 Å².